The normalized spacial score (nSPS) is 13.3. The first-order valence-electron chi connectivity index (χ1n) is 8.96. The number of aryl methyl sites for hydroxylation is 1. The third-order valence-electron chi connectivity index (χ3n) is 4.96. The average molecular weight is 360 g/mol. The van der Waals surface area contributed by atoms with Gasteiger partial charge in [-0.05, 0) is 36.6 Å². The zero-order chi connectivity index (χ0) is 18.8. The highest BCUT2D eigenvalue weighted by molar-refractivity contribution is 5.79. The molecule has 0 spiro atoms. The van der Waals surface area contributed by atoms with Crippen molar-refractivity contribution in [2.24, 2.45) is 0 Å². The Labute approximate surface area is 156 Å². The van der Waals surface area contributed by atoms with E-state index in [2.05, 4.69) is 15.0 Å². The minimum Gasteiger partial charge on any atom is -0.336 e. The van der Waals surface area contributed by atoms with Gasteiger partial charge in [0.15, 0.2) is 0 Å². The molecule has 6 nitrogen and oxygen atoms in total. The molecule has 1 aliphatic rings. The lowest BCUT2D eigenvalue weighted by atomic mass is 10.0. The molecule has 0 atom stereocenters. The molecular weight excluding hydrogens is 340 g/mol. The number of carbonyl (C=O) groups excluding carboxylic acids is 1. The molecule has 1 N–H and O–H groups in total. The molecule has 0 saturated heterocycles. The van der Waals surface area contributed by atoms with Crippen molar-refractivity contribution in [3.63, 3.8) is 0 Å². The van der Waals surface area contributed by atoms with Crippen LogP contribution in [-0.4, -0.2) is 32.3 Å². The number of hydrogen-bond acceptors (Lipinski definition) is 4. The number of benzene rings is 1. The van der Waals surface area contributed by atoms with E-state index in [1.807, 2.05) is 37.3 Å². The zero-order valence-electron chi connectivity index (χ0n) is 15.1. The van der Waals surface area contributed by atoms with Gasteiger partial charge in [0.25, 0.3) is 5.56 Å². The zero-order valence-corrected chi connectivity index (χ0v) is 15.1. The molecular formula is C21H20N4O2. The van der Waals surface area contributed by atoms with Gasteiger partial charge in [-0.3, -0.25) is 14.6 Å². The molecule has 0 fully saturated rings. The molecule has 0 radical (unpaired) electrons. The summed E-state index contributed by atoms with van der Waals surface area (Å²) in [6.45, 7) is 2.90. The summed E-state index contributed by atoms with van der Waals surface area (Å²) in [6, 6.07) is 11.6. The number of amides is 1. The number of H-pyrrole nitrogens is 1. The number of nitrogens with zero attached hydrogens (tertiary/aromatic N) is 3. The van der Waals surface area contributed by atoms with E-state index in [0.717, 1.165) is 16.7 Å². The fraction of sp³-hybridized carbons (Fsp3) is 0.238. The Balaban J connectivity index is 1.59. The van der Waals surface area contributed by atoms with Crippen LogP contribution < -0.4 is 5.56 Å². The third-order valence-corrected chi connectivity index (χ3v) is 4.96. The van der Waals surface area contributed by atoms with Crippen molar-refractivity contribution >= 4 is 5.91 Å². The SMILES string of the molecule is Cc1ccccc1CC(=O)N1CCc2c(nc(-c3cccnc3)[nH]c2=O)C1. The maximum atomic E-state index is 12.8. The van der Waals surface area contributed by atoms with E-state index < -0.39 is 0 Å². The van der Waals surface area contributed by atoms with Crippen LogP contribution in [-0.2, 0) is 24.2 Å². The van der Waals surface area contributed by atoms with Crippen molar-refractivity contribution in [1.82, 2.24) is 19.9 Å². The Bertz CT molecular complexity index is 1040. The fourth-order valence-corrected chi connectivity index (χ4v) is 3.38. The second kappa shape index (κ2) is 7.15. The summed E-state index contributed by atoms with van der Waals surface area (Å²) < 4.78 is 0. The van der Waals surface area contributed by atoms with Gasteiger partial charge in [0, 0.05) is 30.1 Å². The van der Waals surface area contributed by atoms with Crippen LogP contribution in [0.25, 0.3) is 11.4 Å². The first-order valence-corrected chi connectivity index (χ1v) is 8.96. The largest absolute Gasteiger partial charge is 0.336 e. The van der Waals surface area contributed by atoms with Gasteiger partial charge >= 0.3 is 0 Å². The molecule has 1 aromatic carbocycles. The highest BCUT2D eigenvalue weighted by Gasteiger charge is 2.25. The summed E-state index contributed by atoms with van der Waals surface area (Å²) in [5.41, 5.74) is 4.09. The number of carbonyl (C=O) groups is 1. The van der Waals surface area contributed by atoms with Crippen molar-refractivity contribution in [1.29, 1.82) is 0 Å². The lowest BCUT2D eigenvalue weighted by molar-refractivity contribution is -0.131. The van der Waals surface area contributed by atoms with E-state index >= 15 is 0 Å². The van der Waals surface area contributed by atoms with Gasteiger partial charge in [0.05, 0.1) is 18.7 Å². The van der Waals surface area contributed by atoms with E-state index in [0.29, 0.717) is 43.0 Å². The summed E-state index contributed by atoms with van der Waals surface area (Å²) in [4.78, 5) is 38.5. The summed E-state index contributed by atoms with van der Waals surface area (Å²) in [5, 5.41) is 0. The average Bonchev–Trinajstić information content (AvgIpc) is 2.70. The van der Waals surface area contributed by atoms with Crippen molar-refractivity contribution in [3.8, 4) is 11.4 Å². The molecule has 0 aliphatic carbocycles. The Morgan fingerprint density at radius 3 is 2.85 bits per heavy atom. The number of nitrogens with one attached hydrogen (secondary N) is 1. The van der Waals surface area contributed by atoms with Crippen LogP contribution in [0.2, 0.25) is 0 Å². The van der Waals surface area contributed by atoms with Gasteiger partial charge in [-0.15, -0.1) is 0 Å². The van der Waals surface area contributed by atoms with Gasteiger partial charge in [-0.2, -0.15) is 0 Å². The number of hydrogen-bond donors (Lipinski definition) is 1. The van der Waals surface area contributed by atoms with E-state index in [9.17, 15) is 9.59 Å². The number of rotatable bonds is 3. The van der Waals surface area contributed by atoms with Crippen LogP contribution in [0, 0.1) is 6.92 Å². The quantitative estimate of drug-likeness (QED) is 0.777. The molecule has 0 unspecified atom stereocenters. The lowest BCUT2D eigenvalue weighted by Crippen LogP contribution is -2.40. The Kier molecular flexibility index (Phi) is 4.54. The predicted octanol–water partition coefficient (Wildman–Crippen LogP) is 2.27. The number of aromatic nitrogens is 3. The van der Waals surface area contributed by atoms with Gasteiger partial charge in [0.2, 0.25) is 5.91 Å². The van der Waals surface area contributed by atoms with Crippen LogP contribution in [0.3, 0.4) is 0 Å². The van der Waals surface area contributed by atoms with Gasteiger partial charge in [-0.25, -0.2) is 4.98 Å². The number of pyridine rings is 1. The molecule has 3 aromatic rings. The second-order valence-corrected chi connectivity index (χ2v) is 6.75. The van der Waals surface area contributed by atoms with Crippen LogP contribution in [0.1, 0.15) is 22.4 Å². The maximum Gasteiger partial charge on any atom is 0.254 e. The fourth-order valence-electron chi connectivity index (χ4n) is 3.38. The number of aromatic amines is 1. The molecule has 0 saturated carbocycles. The first kappa shape index (κ1) is 17.1. The summed E-state index contributed by atoms with van der Waals surface area (Å²) in [5.74, 6) is 0.542. The van der Waals surface area contributed by atoms with Crippen molar-refractivity contribution in [2.45, 2.75) is 26.3 Å². The smallest absolute Gasteiger partial charge is 0.254 e. The monoisotopic (exact) mass is 360 g/mol. The molecule has 1 amide bonds. The maximum absolute atomic E-state index is 12.8. The van der Waals surface area contributed by atoms with E-state index in [1.165, 1.54) is 0 Å². The van der Waals surface area contributed by atoms with Crippen molar-refractivity contribution < 1.29 is 4.79 Å². The minimum absolute atomic E-state index is 0.0555. The van der Waals surface area contributed by atoms with Crippen LogP contribution in [0.5, 0.6) is 0 Å². The standard InChI is InChI=1S/C21H20N4O2/c1-14-5-2-3-6-15(14)11-19(26)25-10-8-17-18(13-25)23-20(24-21(17)27)16-7-4-9-22-12-16/h2-7,9,12H,8,10-11,13H2,1H3,(H,23,24,27). The van der Waals surface area contributed by atoms with E-state index in [4.69, 9.17) is 0 Å². The molecule has 1 aliphatic heterocycles. The minimum atomic E-state index is -0.134. The first-order chi connectivity index (χ1) is 13.1. The highest BCUT2D eigenvalue weighted by atomic mass is 16.2. The predicted molar refractivity (Wildman–Crippen MR) is 102 cm³/mol. The van der Waals surface area contributed by atoms with Crippen LogP contribution in [0.15, 0.2) is 53.6 Å². The van der Waals surface area contributed by atoms with Crippen LogP contribution >= 0.6 is 0 Å². The number of fused-ring (bicyclic) bond motifs is 1. The van der Waals surface area contributed by atoms with Crippen molar-refractivity contribution in [2.75, 3.05) is 6.54 Å². The molecule has 0 bridgehead atoms. The molecule has 3 heterocycles. The molecule has 2 aromatic heterocycles. The van der Waals surface area contributed by atoms with Gasteiger partial charge < -0.3 is 9.88 Å². The van der Waals surface area contributed by atoms with E-state index in [-0.39, 0.29) is 11.5 Å². The van der Waals surface area contributed by atoms with Gasteiger partial charge in [-0.1, -0.05) is 24.3 Å². The summed E-state index contributed by atoms with van der Waals surface area (Å²) in [7, 11) is 0. The molecule has 136 valence electrons. The van der Waals surface area contributed by atoms with Crippen LogP contribution in [0.4, 0.5) is 0 Å². The highest BCUT2D eigenvalue weighted by Crippen LogP contribution is 2.19. The molecule has 6 heteroatoms. The lowest BCUT2D eigenvalue weighted by Gasteiger charge is -2.28. The summed E-state index contributed by atoms with van der Waals surface area (Å²) >= 11 is 0. The summed E-state index contributed by atoms with van der Waals surface area (Å²) in [6.07, 6.45) is 4.21. The Morgan fingerprint density at radius 1 is 1.22 bits per heavy atom. The van der Waals surface area contributed by atoms with Gasteiger partial charge in [0.1, 0.15) is 5.82 Å². The Morgan fingerprint density at radius 2 is 2.07 bits per heavy atom. The molecule has 27 heavy (non-hydrogen) atoms. The van der Waals surface area contributed by atoms with E-state index in [1.54, 1.807) is 23.4 Å². The Hall–Kier alpha value is -3.28. The third kappa shape index (κ3) is 3.51. The topological polar surface area (TPSA) is 79.0 Å². The second-order valence-electron chi connectivity index (χ2n) is 6.75. The molecule has 4 rings (SSSR count). The van der Waals surface area contributed by atoms with Crippen molar-refractivity contribution in [3.05, 3.63) is 81.5 Å².